The number of carbonyl (C=O) groups is 2. The second-order valence-electron chi connectivity index (χ2n) is 8.65. The van der Waals surface area contributed by atoms with E-state index in [4.69, 9.17) is 9.15 Å². The van der Waals surface area contributed by atoms with Crippen LogP contribution < -0.4 is 10.6 Å². The second-order valence-corrected chi connectivity index (χ2v) is 8.65. The molecule has 0 spiro atoms. The Hall–Kier alpha value is -3.42. The highest BCUT2D eigenvalue weighted by Crippen LogP contribution is 2.13. The van der Waals surface area contributed by atoms with Gasteiger partial charge in [-0.05, 0) is 35.7 Å². The smallest absolute Gasteiger partial charge is 0.287 e. The van der Waals surface area contributed by atoms with Crippen LogP contribution in [0.4, 0.5) is 0 Å². The van der Waals surface area contributed by atoms with Gasteiger partial charge in [0.25, 0.3) is 5.91 Å². The van der Waals surface area contributed by atoms with Crippen molar-refractivity contribution >= 4 is 11.8 Å². The SMILES string of the molecule is CC1CN(Cc2cccc(CNC(=O)C(Cc3ccccc3)NC(=O)c3ccco3)c2)CCO1. The molecule has 3 aromatic rings. The predicted molar refractivity (Wildman–Crippen MR) is 129 cm³/mol. The third-order valence-electron chi connectivity index (χ3n) is 5.84. The Morgan fingerprint density at radius 2 is 1.82 bits per heavy atom. The molecular weight excluding hydrogens is 430 g/mol. The van der Waals surface area contributed by atoms with Gasteiger partial charge in [0.2, 0.25) is 5.91 Å². The molecule has 1 aromatic heterocycles. The van der Waals surface area contributed by atoms with E-state index in [0.29, 0.717) is 13.0 Å². The zero-order valence-electron chi connectivity index (χ0n) is 19.4. The maximum Gasteiger partial charge on any atom is 0.287 e. The number of rotatable bonds is 9. The van der Waals surface area contributed by atoms with Gasteiger partial charge >= 0.3 is 0 Å². The van der Waals surface area contributed by atoms with Gasteiger partial charge in [0.15, 0.2) is 5.76 Å². The summed E-state index contributed by atoms with van der Waals surface area (Å²) in [4.78, 5) is 28.0. The van der Waals surface area contributed by atoms with Gasteiger partial charge in [0.1, 0.15) is 6.04 Å². The summed E-state index contributed by atoms with van der Waals surface area (Å²) in [7, 11) is 0. The van der Waals surface area contributed by atoms with Crippen LogP contribution in [0, 0.1) is 0 Å². The van der Waals surface area contributed by atoms with Crippen LogP contribution in [0.5, 0.6) is 0 Å². The molecule has 7 heteroatoms. The minimum atomic E-state index is -0.724. The summed E-state index contributed by atoms with van der Waals surface area (Å²) in [5, 5.41) is 5.80. The third-order valence-corrected chi connectivity index (χ3v) is 5.84. The average molecular weight is 462 g/mol. The zero-order valence-corrected chi connectivity index (χ0v) is 19.4. The maximum absolute atomic E-state index is 13.1. The lowest BCUT2D eigenvalue weighted by atomic mass is 10.0. The molecule has 1 fully saturated rings. The summed E-state index contributed by atoms with van der Waals surface area (Å²) in [5.74, 6) is -0.477. The highest BCUT2D eigenvalue weighted by Gasteiger charge is 2.23. The highest BCUT2D eigenvalue weighted by atomic mass is 16.5. The molecule has 1 aliphatic rings. The van der Waals surface area contributed by atoms with Crippen molar-refractivity contribution in [3.63, 3.8) is 0 Å². The zero-order chi connectivity index (χ0) is 23.8. The van der Waals surface area contributed by atoms with Crippen LogP contribution in [-0.2, 0) is 29.0 Å². The second kappa shape index (κ2) is 11.6. The number of amides is 2. The van der Waals surface area contributed by atoms with E-state index < -0.39 is 11.9 Å². The first-order valence-corrected chi connectivity index (χ1v) is 11.6. The van der Waals surface area contributed by atoms with Gasteiger partial charge in [-0.2, -0.15) is 0 Å². The average Bonchev–Trinajstić information content (AvgIpc) is 3.38. The van der Waals surface area contributed by atoms with Gasteiger partial charge < -0.3 is 19.8 Å². The van der Waals surface area contributed by atoms with Gasteiger partial charge in [-0.15, -0.1) is 0 Å². The molecule has 34 heavy (non-hydrogen) atoms. The molecule has 2 amide bonds. The number of ether oxygens (including phenoxy) is 1. The maximum atomic E-state index is 13.1. The molecule has 1 aliphatic heterocycles. The van der Waals surface area contributed by atoms with Crippen LogP contribution >= 0.6 is 0 Å². The molecule has 2 heterocycles. The number of nitrogens with zero attached hydrogens (tertiary/aromatic N) is 1. The molecule has 2 unspecified atom stereocenters. The number of carbonyl (C=O) groups excluding carboxylic acids is 2. The largest absolute Gasteiger partial charge is 0.459 e. The first-order valence-electron chi connectivity index (χ1n) is 11.6. The van der Waals surface area contributed by atoms with Crippen LogP contribution in [0.15, 0.2) is 77.4 Å². The van der Waals surface area contributed by atoms with Gasteiger partial charge in [-0.3, -0.25) is 14.5 Å². The summed E-state index contributed by atoms with van der Waals surface area (Å²) >= 11 is 0. The first kappa shape index (κ1) is 23.7. The lowest BCUT2D eigenvalue weighted by Crippen LogP contribution is -2.47. The van der Waals surface area contributed by atoms with E-state index in [1.807, 2.05) is 42.5 Å². The molecule has 2 aromatic carbocycles. The van der Waals surface area contributed by atoms with Crippen LogP contribution in [0.1, 0.15) is 34.2 Å². The summed E-state index contributed by atoms with van der Waals surface area (Å²) in [6.07, 6.45) is 2.06. The van der Waals surface area contributed by atoms with Gasteiger partial charge in [0.05, 0.1) is 19.0 Å². The highest BCUT2D eigenvalue weighted by molar-refractivity contribution is 5.95. The van der Waals surface area contributed by atoms with E-state index in [2.05, 4.69) is 34.6 Å². The van der Waals surface area contributed by atoms with Crippen molar-refractivity contribution in [1.82, 2.24) is 15.5 Å². The van der Waals surface area contributed by atoms with Crippen LogP contribution in [-0.4, -0.2) is 48.6 Å². The van der Waals surface area contributed by atoms with E-state index in [1.54, 1.807) is 12.1 Å². The Balaban J connectivity index is 1.38. The summed E-state index contributed by atoms with van der Waals surface area (Å²) in [5.41, 5.74) is 3.18. The molecule has 0 aliphatic carbocycles. The van der Waals surface area contributed by atoms with Crippen molar-refractivity contribution in [2.24, 2.45) is 0 Å². The van der Waals surface area contributed by atoms with Crippen molar-refractivity contribution in [3.8, 4) is 0 Å². The molecule has 0 bridgehead atoms. The topological polar surface area (TPSA) is 83.8 Å². The van der Waals surface area contributed by atoms with Crippen LogP contribution in [0.25, 0.3) is 0 Å². The molecular formula is C27H31N3O4. The van der Waals surface area contributed by atoms with E-state index in [-0.39, 0.29) is 17.8 Å². The number of nitrogens with one attached hydrogen (secondary N) is 2. The molecule has 0 radical (unpaired) electrons. The molecule has 4 rings (SSSR count). The number of morpholine rings is 1. The fourth-order valence-electron chi connectivity index (χ4n) is 4.14. The Bertz CT molecular complexity index is 1070. The number of hydrogen-bond acceptors (Lipinski definition) is 5. The standard InChI is InChI=1S/C27H31N3O4/c1-20-18-30(12-14-33-20)19-23-10-5-9-22(15-23)17-28-26(31)24(16-21-7-3-2-4-8-21)29-27(32)25-11-6-13-34-25/h2-11,13,15,20,24H,12,14,16-19H2,1H3,(H,28,31)(H,29,32). The Morgan fingerprint density at radius 3 is 2.59 bits per heavy atom. The van der Waals surface area contributed by atoms with Crippen molar-refractivity contribution in [2.75, 3.05) is 19.7 Å². The van der Waals surface area contributed by atoms with Crippen LogP contribution in [0.2, 0.25) is 0 Å². The Labute approximate surface area is 200 Å². The summed E-state index contributed by atoms with van der Waals surface area (Å²) in [6, 6.07) is 20.4. The third kappa shape index (κ3) is 6.79. The summed E-state index contributed by atoms with van der Waals surface area (Å²) in [6.45, 7) is 5.91. The lowest BCUT2D eigenvalue weighted by Gasteiger charge is -2.31. The lowest BCUT2D eigenvalue weighted by molar-refractivity contribution is -0.123. The van der Waals surface area contributed by atoms with Gasteiger partial charge in [-0.1, -0.05) is 54.6 Å². The summed E-state index contributed by atoms with van der Waals surface area (Å²) < 4.78 is 10.8. The molecule has 0 saturated carbocycles. The molecule has 2 N–H and O–H groups in total. The Morgan fingerprint density at radius 1 is 1.03 bits per heavy atom. The van der Waals surface area contributed by atoms with E-state index in [1.165, 1.54) is 11.8 Å². The van der Waals surface area contributed by atoms with E-state index in [9.17, 15) is 9.59 Å². The van der Waals surface area contributed by atoms with Gasteiger partial charge in [-0.25, -0.2) is 0 Å². The minimum absolute atomic E-state index is 0.177. The minimum Gasteiger partial charge on any atom is -0.459 e. The Kier molecular flexibility index (Phi) is 8.12. The van der Waals surface area contributed by atoms with E-state index >= 15 is 0 Å². The predicted octanol–water partition coefficient (Wildman–Crippen LogP) is 3.16. The van der Waals surface area contributed by atoms with Gasteiger partial charge in [0, 0.05) is 32.6 Å². The van der Waals surface area contributed by atoms with Crippen molar-refractivity contribution < 1.29 is 18.7 Å². The number of furan rings is 1. The van der Waals surface area contributed by atoms with E-state index in [0.717, 1.165) is 37.4 Å². The number of benzene rings is 2. The monoisotopic (exact) mass is 461 g/mol. The number of hydrogen-bond donors (Lipinski definition) is 2. The molecule has 178 valence electrons. The van der Waals surface area contributed by atoms with Crippen molar-refractivity contribution in [3.05, 3.63) is 95.4 Å². The normalized spacial score (nSPS) is 17.1. The fraction of sp³-hybridized carbons (Fsp3) is 0.333. The van der Waals surface area contributed by atoms with Crippen molar-refractivity contribution in [1.29, 1.82) is 0 Å². The molecule has 7 nitrogen and oxygen atoms in total. The van der Waals surface area contributed by atoms with Crippen LogP contribution in [0.3, 0.4) is 0 Å². The first-order chi connectivity index (χ1) is 16.6. The molecule has 2 atom stereocenters. The quantitative estimate of drug-likeness (QED) is 0.512. The van der Waals surface area contributed by atoms with Crippen molar-refractivity contribution in [2.45, 2.75) is 38.6 Å². The molecule has 1 saturated heterocycles. The fourth-order valence-corrected chi connectivity index (χ4v) is 4.14.